The molecule has 2 rings (SSSR count). The molecule has 114 valence electrons. The third-order valence-electron chi connectivity index (χ3n) is 3.23. The number of aromatic nitrogens is 2. The first-order valence-corrected chi connectivity index (χ1v) is 7.48. The molecule has 0 aliphatic heterocycles. The van der Waals surface area contributed by atoms with E-state index < -0.39 is 0 Å². The van der Waals surface area contributed by atoms with E-state index in [2.05, 4.69) is 26.3 Å². The summed E-state index contributed by atoms with van der Waals surface area (Å²) in [6.07, 6.45) is 0. The van der Waals surface area contributed by atoms with Gasteiger partial charge < -0.3 is 14.8 Å². The number of rotatable bonds is 6. The summed E-state index contributed by atoms with van der Waals surface area (Å²) in [7, 11) is 5.47. The van der Waals surface area contributed by atoms with Crippen molar-refractivity contribution >= 4 is 15.9 Å². The zero-order chi connectivity index (χ0) is 15.4. The summed E-state index contributed by atoms with van der Waals surface area (Å²) in [4.78, 5) is 0. The molecule has 0 unspecified atom stereocenters. The lowest BCUT2D eigenvalue weighted by Crippen LogP contribution is -2.07. The number of nitrogens with one attached hydrogen (secondary N) is 1. The molecule has 21 heavy (non-hydrogen) atoms. The van der Waals surface area contributed by atoms with Gasteiger partial charge in [-0.25, -0.2) is 0 Å². The first-order valence-electron chi connectivity index (χ1n) is 6.69. The highest BCUT2D eigenvalue weighted by molar-refractivity contribution is 9.10. The molecule has 0 saturated carbocycles. The van der Waals surface area contributed by atoms with Gasteiger partial charge in [0.25, 0.3) is 0 Å². The molecule has 0 radical (unpaired) electrons. The molecule has 0 spiro atoms. The maximum absolute atomic E-state index is 5.89. The van der Waals surface area contributed by atoms with Gasteiger partial charge in [0.2, 0.25) is 0 Å². The van der Waals surface area contributed by atoms with Crippen LogP contribution >= 0.6 is 15.9 Å². The van der Waals surface area contributed by atoms with Gasteiger partial charge in [-0.1, -0.05) is 6.07 Å². The summed E-state index contributed by atoms with van der Waals surface area (Å²) in [5.74, 6) is 1.46. The Morgan fingerprint density at radius 3 is 2.67 bits per heavy atom. The van der Waals surface area contributed by atoms with Crippen LogP contribution < -0.4 is 14.8 Å². The third-order valence-corrected chi connectivity index (χ3v) is 4.27. The number of benzene rings is 1. The molecule has 1 aromatic heterocycles. The predicted molar refractivity (Wildman–Crippen MR) is 85.7 cm³/mol. The molecule has 0 saturated heterocycles. The quantitative estimate of drug-likeness (QED) is 0.867. The van der Waals surface area contributed by atoms with E-state index in [0.29, 0.717) is 6.61 Å². The Kier molecular flexibility index (Phi) is 5.25. The summed E-state index contributed by atoms with van der Waals surface area (Å²) >= 11 is 3.54. The summed E-state index contributed by atoms with van der Waals surface area (Å²) < 4.78 is 14.1. The second-order valence-electron chi connectivity index (χ2n) is 4.77. The van der Waals surface area contributed by atoms with Crippen molar-refractivity contribution in [2.45, 2.75) is 20.1 Å². The lowest BCUT2D eigenvalue weighted by Gasteiger charge is -2.12. The van der Waals surface area contributed by atoms with Crippen molar-refractivity contribution in [1.82, 2.24) is 15.1 Å². The van der Waals surface area contributed by atoms with E-state index >= 15 is 0 Å². The number of methoxy groups -OCH3 is 1. The molecule has 6 heteroatoms. The van der Waals surface area contributed by atoms with Crippen LogP contribution in [0, 0.1) is 6.92 Å². The van der Waals surface area contributed by atoms with E-state index in [-0.39, 0.29) is 0 Å². The van der Waals surface area contributed by atoms with E-state index in [1.165, 1.54) is 0 Å². The van der Waals surface area contributed by atoms with Crippen LogP contribution in [0.1, 0.15) is 17.0 Å². The van der Waals surface area contributed by atoms with Crippen molar-refractivity contribution in [3.63, 3.8) is 0 Å². The van der Waals surface area contributed by atoms with Gasteiger partial charge in [-0.3, -0.25) is 4.68 Å². The molecule has 0 bridgehead atoms. The van der Waals surface area contributed by atoms with Crippen LogP contribution in [0.4, 0.5) is 0 Å². The summed E-state index contributed by atoms with van der Waals surface area (Å²) in [6.45, 7) is 3.18. The predicted octanol–water partition coefficient (Wildman–Crippen LogP) is 2.80. The van der Waals surface area contributed by atoms with Crippen molar-refractivity contribution < 1.29 is 9.47 Å². The fourth-order valence-electron chi connectivity index (χ4n) is 2.13. The van der Waals surface area contributed by atoms with Gasteiger partial charge in [0.1, 0.15) is 6.61 Å². The average Bonchev–Trinajstić information content (AvgIpc) is 2.71. The summed E-state index contributed by atoms with van der Waals surface area (Å²) in [5.41, 5.74) is 3.10. The molecule has 1 N–H and O–H groups in total. The van der Waals surface area contributed by atoms with E-state index in [4.69, 9.17) is 9.47 Å². The van der Waals surface area contributed by atoms with E-state index in [1.54, 1.807) is 7.11 Å². The van der Waals surface area contributed by atoms with Crippen molar-refractivity contribution in [2.24, 2.45) is 7.05 Å². The molecule has 2 aromatic rings. The minimum absolute atomic E-state index is 0.430. The SMILES string of the molecule is CNCc1ccc(OCc2c(Br)c(C)nn2C)c(OC)c1. The minimum Gasteiger partial charge on any atom is -0.493 e. The molecule has 0 aliphatic carbocycles. The van der Waals surface area contributed by atoms with Crippen LogP contribution in [0.15, 0.2) is 22.7 Å². The van der Waals surface area contributed by atoms with Crippen LogP contribution in [0.5, 0.6) is 11.5 Å². The molecule has 0 amide bonds. The maximum atomic E-state index is 5.89. The van der Waals surface area contributed by atoms with Crippen molar-refractivity contribution in [1.29, 1.82) is 0 Å². The topological polar surface area (TPSA) is 48.3 Å². The van der Waals surface area contributed by atoms with Crippen molar-refractivity contribution in [3.05, 3.63) is 39.6 Å². The van der Waals surface area contributed by atoms with E-state index in [9.17, 15) is 0 Å². The maximum Gasteiger partial charge on any atom is 0.161 e. The van der Waals surface area contributed by atoms with Gasteiger partial charge in [0.15, 0.2) is 11.5 Å². The molecule has 0 atom stereocenters. The standard InChI is InChI=1S/C15H20BrN3O2/c1-10-15(16)12(19(3)18-10)9-21-13-6-5-11(8-17-2)7-14(13)20-4/h5-7,17H,8-9H2,1-4H3. The zero-order valence-corrected chi connectivity index (χ0v) is 14.3. The normalized spacial score (nSPS) is 10.7. The van der Waals surface area contributed by atoms with Crippen molar-refractivity contribution in [3.8, 4) is 11.5 Å². The molecular formula is C15H20BrN3O2. The molecule has 0 aliphatic rings. The average molecular weight is 354 g/mol. The van der Waals surface area contributed by atoms with Gasteiger partial charge in [-0.2, -0.15) is 5.10 Å². The summed E-state index contributed by atoms with van der Waals surface area (Å²) in [5, 5.41) is 7.47. The second-order valence-corrected chi connectivity index (χ2v) is 5.57. The number of ether oxygens (including phenoxy) is 2. The lowest BCUT2D eigenvalue weighted by atomic mass is 10.2. The highest BCUT2D eigenvalue weighted by Crippen LogP contribution is 2.30. The van der Waals surface area contributed by atoms with E-state index in [0.717, 1.165) is 39.5 Å². The van der Waals surface area contributed by atoms with Crippen LogP contribution in [0.2, 0.25) is 0 Å². The van der Waals surface area contributed by atoms with Crippen LogP contribution in [-0.4, -0.2) is 23.9 Å². The monoisotopic (exact) mass is 353 g/mol. The first kappa shape index (κ1) is 15.9. The van der Waals surface area contributed by atoms with Crippen molar-refractivity contribution in [2.75, 3.05) is 14.2 Å². The highest BCUT2D eigenvalue weighted by atomic mass is 79.9. The number of halogens is 1. The summed E-state index contributed by atoms with van der Waals surface area (Å²) in [6, 6.07) is 5.94. The number of nitrogens with zero attached hydrogens (tertiary/aromatic N) is 2. The van der Waals surface area contributed by atoms with Gasteiger partial charge >= 0.3 is 0 Å². The fraction of sp³-hybridized carbons (Fsp3) is 0.400. The van der Waals surface area contributed by atoms with Crippen LogP contribution in [0.25, 0.3) is 0 Å². The van der Waals surface area contributed by atoms with Gasteiger partial charge in [-0.15, -0.1) is 0 Å². The zero-order valence-electron chi connectivity index (χ0n) is 12.7. The van der Waals surface area contributed by atoms with Gasteiger partial charge in [0, 0.05) is 13.6 Å². The Bertz CT molecular complexity index is 626. The fourth-order valence-corrected chi connectivity index (χ4v) is 2.58. The number of hydrogen-bond donors (Lipinski definition) is 1. The lowest BCUT2D eigenvalue weighted by molar-refractivity contribution is 0.275. The van der Waals surface area contributed by atoms with E-state index in [1.807, 2.05) is 43.9 Å². The second kappa shape index (κ2) is 6.95. The Morgan fingerprint density at radius 2 is 2.10 bits per heavy atom. The molecule has 1 aromatic carbocycles. The number of hydrogen-bond acceptors (Lipinski definition) is 4. The third kappa shape index (κ3) is 3.57. The Morgan fingerprint density at radius 1 is 1.33 bits per heavy atom. The smallest absolute Gasteiger partial charge is 0.161 e. The molecular weight excluding hydrogens is 334 g/mol. The van der Waals surface area contributed by atoms with Gasteiger partial charge in [0.05, 0.1) is 23.0 Å². The largest absolute Gasteiger partial charge is 0.493 e. The highest BCUT2D eigenvalue weighted by Gasteiger charge is 2.13. The molecule has 0 fully saturated rings. The van der Waals surface area contributed by atoms with Crippen LogP contribution in [-0.2, 0) is 20.2 Å². The minimum atomic E-state index is 0.430. The molecule has 1 heterocycles. The Labute approximate surface area is 133 Å². The Hall–Kier alpha value is -1.53. The molecule has 5 nitrogen and oxygen atoms in total. The number of aryl methyl sites for hydroxylation is 2. The Balaban J connectivity index is 2.16. The first-order chi connectivity index (χ1) is 10.1. The van der Waals surface area contributed by atoms with Crippen LogP contribution in [0.3, 0.4) is 0 Å². The van der Waals surface area contributed by atoms with Gasteiger partial charge in [-0.05, 0) is 47.6 Å².